The molecule has 1 fully saturated rings. The van der Waals surface area contributed by atoms with E-state index in [4.69, 9.17) is 4.74 Å². The van der Waals surface area contributed by atoms with Crippen LogP contribution in [-0.2, 0) is 11.3 Å². The average Bonchev–Trinajstić information content (AvgIpc) is 2.77. The molecule has 1 aliphatic heterocycles. The summed E-state index contributed by atoms with van der Waals surface area (Å²) in [5, 5.41) is 0. The number of rotatable bonds is 8. The van der Waals surface area contributed by atoms with Crippen LogP contribution in [0.15, 0.2) is 54.6 Å². The molecule has 1 aliphatic rings. The molecule has 0 unspecified atom stereocenters. The fourth-order valence-electron chi connectivity index (χ4n) is 3.61. The zero-order chi connectivity index (χ0) is 19.8. The molecule has 5 heteroatoms. The minimum atomic E-state index is 0.265. The first kappa shape index (κ1) is 20.2. The number of benzene rings is 2. The maximum Gasteiger partial charge on any atom is 0.223 e. The Hall–Kier alpha value is -2.53. The molecule has 150 valence electrons. The third kappa shape index (κ3) is 5.49. The summed E-state index contributed by atoms with van der Waals surface area (Å²) in [6.45, 7) is 8.14. The smallest absolute Gasteiger partial charge is 0.223 e. The van der Waals surface area contributed by atoms with E-state index in [-0.39, 0.29) is 5.91 Å². The van der Waals surface area contributed by atoms with Gasteiger partial charge in [0.25, 0.3) is 0 Å². The zero-order valence-electron chi connectivity index (χ0n) is 17.0. The molecule has 0 saturated carbocycles. The molecule has 5 nitrogen and oxygen atoms in total. The predicted octanol–water partition coefficient (Wildman–Crippen LogP) is 3.26. The summed E-state index contributed by atoms with van der Waals surface area (Å²) in [6.07, 6.45) is 0.587. The largest absolute Gasteiger partial charge is 0.497 e. The quantitative estimate of drug-likeness (QED) is 0.703. The van der Waals surface area contributed by atoms with E-state index in [1.54, 1.807) is 7.11 Å². The van der Waals surface area contributed by atoms with Crippen LogP contribution >= 0.6 is 0 Å². The second kappa shape index (κ2) is 10.1. The van der Waals surface area contributed by atoms with Gasteiger partial charge in [0.2, 0.25) is 5.91 Å². The van der Waals surface area contributed by atoms with Crippen molar-refractivity contribution in [1.29, 1.82) is 0 Å². The summed E-state index contributed by atoms with van der Waals surface area (Å²) in [4.78, 5) is 19.3. The Kier molecular flexibility index (Phi) is 7.31. The first-order valence-electron chi connectivity index (χ1n) is 10.1. The van der Waals surface area contributed by atoms with Crippen LogP contribution in [0.3, 0.4) is 0 Å². The minimum absolute atomic E-state index is 0.265. The molecule has 0 aliphatic carbocycles. The van der Waals surface area contributed by atoms with Gasteiger partial charge >= 0.3 is 0 Å². The second-order valence-electron chi connectivity index (χ2n) is 7.17. The Balaban J connectivity index is 1.44. The van der Waals surface area contributed by atoms with Crippen LogP contribution in [0.2, 0.25) is 0 Å². The molecular formula is C23H31N3O2. The van der Waals surface area contributed by atoms with Gasteiger partial charge in [0, 0.05) is 51.4 Å². The van der Waals surface area contributed by atoms with Crippen molar-refractivity contribution in [3.63, 3.8) is 0 Å². The van der Waals surface area contributed by atoms with Crippen molar-refractivity contribution in [2.24, 2.45) is 0 Å². The lowest BCUT2D eigenvalue weighted by molar-refractivity contribution is -0.131. The molecule has 0 aromatic heterocycles. The number of hydrogen-bond donors (Lipinski definition) is 0. The summed E-state index contributed by atoms with van der Waals surface area (Å²) in [6, 6.07) is 18.6. The van der Waals surface area contributed by atoms with E-state index in [0.29, 0.717) is 6.42 Å². The number of ether oxygens (including phenoxy) is 1. The van der Waals surface area contributed by atoms with Crippen LogP contribution in [0.5, 0.6) is 5.75 Å². The van der Waals surface area contributed by atoms with Gasteiger partial charge in [-0.1, -0.05) is 37.3 Å². The van der Waals surface area contributed by atoms with Crippen LogP contribution in [0, 0.1) is 0 Å². The standard InChI is InChI=1S/C23H31N3O2/c1-3-24(19-20-7-5-4-6-8-20)14-13-23(27)26-17-15-25(16-18-26)21-9-11-22(28-2)12-10-21/h4-12H,3,13-19H2,1-2H3. The van der Waals surface area contributed by atoms with Crippen LogP contribution in [-0.4, -0.2) is 62.1 Å². The number of methoxy groups -OCH3 is 1. The molecule has 0 atom stereocenters. The normalized spacial score (nSPS) is 14.4. The molecule has 0 N–H and O–H groups in total. The van der Waals surface area contributed by atoms with Crippen molar-refractivity contribution in [2.45, 2.75) is 19.9 Å². The minimum Gasteiger partial charge on any atom is -0.497 e. The fourth-order valence-corrected chi connectivity index (χ4v) is 3.61. The van der Waals surface area contributed by atoms with E-state index < -0.39 is 0 Å². The molecule has 1 heterocycles. The predicted molar refractivity (Wildman–Crippen MR) is 114 cm³/mol. The first-order chi connectivity index (χ1) is 13.7. The highest BCUT2D eigenvalue weighted by atomic mass is 16.5. The van der Waals surface area contributed by atoms with Gasteiger partial charge in [-0.15, -0.1) is 0 Å². The molecule has 3 rings (SSSR count). The molecule has 0 bridgehead atoms. The summed E-state index contributed by atoms with van der Waals surface area (Å²) >= 11 is 0. The van der Waals surface area contributed by atoms with E-state index in [9.17, 15) is 4.79 Å². The molecule has 1 amide bonds. The molecule has 0 radical (unpaired) electrons. The van der Waals surface area contributed by atoms with Crippen molar-refractivity contribution >= 4 is 11.6 Å². The van der Waals surface area contributed by atoms with Crippen molar-refractivity contribution in [3.8, 4) is 5.75 Å². The number of piperazine rings is 1. The van der Waals surface area contributed by atoms with Gasteiger partial charge in [-0.3, -0.25) is 9.69 Å². The van der Waals surface area contributed by atoms with E-state index >= 15 is 0 Å². The van der Waals surface area contributed by atoms with Gasteiger partial charge in [-0.05, 0) is 36.4 Å². The van der Waals surface area contributed by atoms with Crippen LogP contribution in [0.4, 0.5) is 5.69 Å². The maximum absolute atomic E-state index is 12.7. The van der Waals surface area contributed by atoms with E-state index in [1.807, 2.05) is 23.1 Å². The Labute approximate surface area is 168 Å². The Morgan fingerprint density at radius 1 is 1.00 bits per heavy atom. The fraction of sp³-hybridized carbons (Fsp3) is 0.435. The number of carbonyl (C=O) groups excluding carboxylic acids is 1. The lowest BCUT2D eigenvalue weighted by Gasteiger charge is -2.36. The molecule has 1 saturated heterocycles. The highest BCUT2D eigenvalue weighted by molar-refractivity contribution is 5.76. The zero-order valence-corrected chi connectivity index (χ0v) is 17.0. The number of carbonyl (C=O) groups is 1. The Morgan fingerprint density at radius 3 is 2.29 bits per heavy atom. The summed E-state index contributed by atoms with van der Waals surface area (Å²) in [5.41, 5.74) is 2.48. The third-order valence-electron chi connectivity index (χ3n) is 5.41. The molecule has 2 aromatic rings. The summed E-state index contributed by atoms with van der Waals surface area (Å²) < 4.78 is 5.22. The van der Waals surface area contributed by atoms with Gasteiger partial charge in [0.05, 0.1) is 7.11 Å². The summed E-state index contributed by atoms with van der Waals surface area (Å²) in [5.74, 6) is 1.13. The van der Waals surface area contributed by atoms with E-state index in [2.05, 4.69) is 53.1 Å². The maximum atomic E-state index is 12.7. The lowest BCUT2D eigenvalue weighted by Crippen LogP contribution is -2.49. The SMILES string of the molecule is CCN(CCC(=O)N1CCN(c2ccc(OC)cc2)CC1)Cc1ccccc1. The van der Waals surface area contributed by atoms with Crippen LogP contribution in [0.25, 0.3) is 0 Å². The highest BCUT2D eigenvalue weighted by Gasteiger charge is 2.21. The van der Waals surface area contributed by atoms with Crippen LogP contribution in [0.1, 0.15) is 18.9 Å². The van der Waals surface area contributed by atoms with Gasteiger partial charge in [0.15, 0.2) is 0 Å². The first-order valence-corrected chi connectivity index (χ1v) is 10.1. The van der Waals surface area contributed by atoms with E-state index in [0.717, 1.165) is 51.6 Å². The topological polar surface area (TPSA) is 36.0 Å². The van der Waals surface area contributed by atoms with Crippen molar-refractivity contribution in [2.75, 3.05) is 51.3 Å². The van der Waals surface area contributed by atoms with Gasteiger partial charge in [0.1, 0.15) is 5.75 Å². The number of anilines is 1. The molecule has 28 heavy (non-hydrogen) atoms. The number of hydrogen-bond acceptors (Lipinski definition) is 4. The van der Waals surface area contributed by atoms with Gasteiger partial charge < -0.3 is 14.5 Å². The number of nitrogens with zero attached hydrogens (tertiary/aromatic N) is 3. The number of amides is 1. The van der Waals surface area contributed by atoms with Crippen LogP contribution < -0.4 is 9.64 Å². The average molecular weight is 382 g/mol. The second-order valence-corrected chi connectivity index (χ2v) is 7.17. The highest BCUT2D eigenvalue weighted by Crippen LogP contribution is 2.20. The summed E-state index contributed by atoms with van der Waals surface area (Å²) in [7, 11) is 1.68. The van der Waals surface area contributed by atoms with Crippen molar-refractivity contribution in [3.05, 3.63) is 60.2 Å². The molecule has 2 aromatic carbocycles. The van der Waals surface area contributed by atoms with Crippen molar-refractivity contribution in [1.82, 2.24) is 9.80 Å². The van der Waals surface area contributed by atoms with E-state index in [1.165, 1.54) is 11.3 Å². The monoisotopic (exact) mass is 381 g/mol. The van der Waals surface area contributed by atoms with Gasteiger partial charge in [-0.25, -0.2) is 0 Å². The van der Waals surface area contributed by atoms with Gasteiger partial charge in [-0.2, -0.15) is 0 Å². The third-order valence-corrected chi connectivity index (χ3v) is 5.41. The Bertz CT molecular complexity index is 725. The molecule has 0 spiro atoms. The van der Waals surface area contributed by atoms with Crippen molar-refractivity contribution < 1.29 is 9.53 Å². The Morgan fingerprint density at radius 2 is 1.68 bits per heavy atom. The molecular weight excluding hydrogens is 350 g/mol. The lowest BCUT2D eigenvalue weighted by atomic mass is 10.2.